The van der Waals surface area contributed by atoms with Gasteiger partial charge < -0.3 is 16.4 Å². The van der Waals surface area contributed by atoms with Crippen LogP contribution in [0.25, 0.3) is 0 Å². The summed E-state index contributed by atoms with van der Waals surface area (Å²) in [5, 5.41) is 6.05. The van der Waals surface area contributed by atoms with Gasteiger partial charge in [-0.2, -0.15) is 0 Å². The van der Waals surface area contributed by atoms with E-state index in [0.717, 1.165) is 17.9 Å². The first-order valence-electron chi connectivity index (χ1n) is 8.79. The zero-order chi connectivity index (χ0) is 17.9. The van der Waals surface area contributed by atoms with Crippen LogP contribution >= 0.6 is 24.0 Å². The second kappa shape index (κ2) is 13.0. The van der Waals surface area contributed by atoms with E-state index in [0.29, 0.717) is 30.7 Å². The average molecular weight is 460 g/mol. The van der Waals surface area contributed by atoms with E-state index in [1.54, 1.807) is 6.07 Å². The molecule has 0 bridgehead atoms. The van der Waals surface area contributed by atoms with E-state index in [1.807, 2.05) is 25.1 Å². The Balaban J connectivity index is 0.00000576. The first-order chi connectivity index (χ1) is 11.4. The molecule has 4 N–H and O–H groups in total. The van der Waals surface area contributed by atoms with Crippen molar-refractivity contribution in [3.63, 3.8) is 0 Å². The number of nitrogens with one attached hydrogen (secondary N) is 2. The maximum Gasteiger partial charge on any atom is 0.251 e. The van der Waals surface area contributed by atoms with Crippen LogP contribution in [0.15, 0.2) is 29.3 Å². The number of guanidine groups is 1. The molecule has 1 unspecified atom stereocenters. The van der Waals surface area contributed by atoms with Crippen molar-refractivity contribution in [2.75, 3.05) is 13.1 Å². The highest BCUT2D eigenvalue weighted by atomic mass is 127. The van der Waals surface area contributed by atoms with Crippen LogP contribution in [0, 0.1) is 12.8 Å². The maximum atomic E-state index is 12.0. The molecule has 0 aliphatic rings. The second-order valence-corrected chi connectivity index (χ2v) is 6.76. The molecule has 142 valence electrons. The van der Waals surface area contributed by atoms with E-state index in [9.17, 15) is 4.79 Å². The van der Waals surface area contributed by atoms with E-state index < -0.39 is 0 Å². The number of rotatable bonds is 9. The minimum absolute atomic E-state index is 0. The molecule has 1 rings (SSSR count). The molecule has 0 radical (unpaired) electrons. The Morgan fingerprint density at radius 1 is 1.24 bits per heavy atom. The van der Waals surface area contributed by atoms with Gasteiger partial charge in [-0.05, 0) is 38.3 Å². The zero-order valence-corrected chi connectivity index (χ0v) is 18.2. The molecule has 0 heterocycles. The summed E-state index contributed by atoms with van der Waals surface area (Å²) in [6.07, 6.45) is 3.50. The Bertz CT molecular complexity index is 546. The molecular weight excluding hydrogens is 427 g/mol. The quantitative estimate of drug-likeness (QED) is 0.229. The lowest BCUT2D eigenvalue weighted by Crippen LogP contribution is -2.39. The molecule has 1 atom stereocenters. The van der Waals surface area contributed by atoms with Gasteiger partial charge in [0.2, 0.25) is 0 Å². The minimum atomic E-state index is -0.0810. The number of halogens is 1. The smallest absolute Gasteiger partial charge is 0.251 e. The topological polar surface area (TPSA) is 79.5 Å². The molecule has 5 nitrogen and oxygen atoms in total. The molecule has 0 spiro atoms. The third kappa shape index (κ3) is 11.0. The van der Waals surface area contributed by atoms with Crippen molar-refractivity contribution in [1.82, 2.24) is 10.6 Å². The molecule has 0 aliphatic carbocycles. The molecule has 25 heavy (non-hydrogen) atoms. The van der Waals surface area contributed by atoms with Crippen LogP contribution in [0.5, 0.6) is 0 Å². The first kappa shape index (κ1) is 23.7. The zero-order valence-electron chi connectivity index (χ0n) is 15.8. The van der Waals surface area contributed by atoms with Gasteiger partial charge in [0.05, 0.1) is 6.54 Å². The first-order valence-corrected chi connectivity index (χ1v) is 8.79. The van der Waals surface area contributed by atoms with Crippen LogP contribution in [0.3, 0.4) is 0 Å². The number of hydrogen-bond donors (Lipinski definition) is 3. The normalized spacial score (nSPS) is 12.4. The number of aliphatic imine (C=N–C) groups is 1. The number of nitrogens with zero attached hydrogens (tertiary/aromatic N) is 1. The number of aryl methyl sites for hydroxylation is 1. The monoisotopic (exact) mass is 460 g/mol. The van der Waals surface area contributed by atoms with E-state index in [-0.39, 0.29) is 29.9 Å². The number of carbonyl (C=O) groups is 1. The Kier molecular flexibility index (Phi) is 12.3. The highest BCUT2D eigenvalue weighted by Crippen LogP contribution is 2.08. The predicted octanol–water partition coefficient (Wildman–Crippen LogP) is 3.46. The Hall–Kier alpha value is -1.31. The van der Waals surface area contributed by atoms with Gasteiger partial charge in [-0.15, -0.1) is 24.0 Å². The lowest BCUT2D eigenvalue weighted by Gasteiger charge is -2.15. The summed E-state index contributed by atoms with van der Waals surface area (Å²) in [4.78, 5) is 16.2. The molecule has 0 fully saturated rings. The summed E-state index contributed by atoms with van der Waals surface area (Å²) in [6, 6.07) is 7.84. The summed E-state index contributed by atoms with van der Waals surface area (Å²) in [6.45, 7) is 9.49. The molecule has 0 aromatic heterocycles. The van der Waals surface area contributed by atoms with Crippen molar-refractivity contribution in [2.24, 2.45) is 16.6 Å². The van der Waals surface area contributed by atoms with Crippen molar-refractivity contribution in [1.29, 1.82) is 0 Å². The van der Waals surface area contributed by atoms with Crippen LogP contribution < -0.4 is 16.4 Å². The number of nitrogens with two attached hydrogens (primary N) is 1. The molecule has 0 saturated carbocycles. The van der Waals surface area contributed by atoms with Crippen LogP contribution in [0.2, 0.25) is 0 Å². The Morgan fingerprint density at radius 2 is 1.96 bits per heavy atom. The summed E-state index contributed by atoms with van der Waals surface area (Å²) >= 11 is 0. The van der Waals surface area contributed by atoms with Gasteiger partial charge in [0.1, 0.15) is 0 Å². The van der Waals surface area contributed by atoms with Crippen LogP contribution in [0.4, 0.5) is 0 Å². The molecule has 1 amide bonds. The molecule has 0 aliphatic heterocycles. The average Bonchev–Trinajstić information content (AvgIpc) is 2.51. The van der Waals surface area contributed by atoms with Crippen LogP contribution in [-0.4, -0.2) is 31.0 Å². The van der Waals surface area contributed by atoms with Crippen LogP contribution in [-0.2, 0) is 0 Å². The predicted molar refractivity (Wildman–Crippen MR) is 117 cm³/mol. The highest BCUT2D eigenvalue weighted by Gasteiger charge is 2.05. The number of amides is 1. The standard InChI is InChI=1S/C19H32N4O.HI/c1-14(2)7-5-9-16(4)23-19(20)22-12-11-21-18(24)17-10-6-8-15(3)13-17;/h6,8,10,13-14,16H,5,7,9,11-12H2,1-4H3,(H,21,24)(H3,20,22,23);1H. The Labute approximate surface area is 169 Å². The van der Waals surface area contributed by atoms with Gasteiger partial charge in [0, 0.05) is 18.2 Å². The van der Waals surface area contributed by atoms with Gasteiger partial charge in [0.15, 0.2) is 5.96 Å². The van der Waals surface area contributed by atoms with Crippen molar-refractivity contribution in [3.05, 3.63) is 35.4 Å². The highest BCUT2D eigenvalue weighted by molar-refractivity contribution is 14.0. The van der Waals surface area contributed by atoms with E-state index in [4.69, 9.17) is 5.73 Å². The molecular formula is C19H33IN4O. The summed E-state index contributed by atoms with van der Waals surface area (Å²) in [5.41, 5.74) is 7.62. The van der Waals surface area contributed by atoms with Crippen molar-refractivity contribution < 1.29 is 4.79 Å². The lowest BCUT2D eigenvalue weighted by atomic mass is 10.0. The van der Waals surface area contributed by atoms with E-state index in [1.165, 1.54) is 12.8 Å². The van der Waals surface area contributed by atoms with Gasteiger partial charge in [-0.1, -0.05) is 44.4 Å². The van der Waals surface area contributed by atoms with Gasteiger partial charge >= 0.3 is 0 Å². The molecule has 1 aromatic rings. The summed E-state index contributed by atoms with van der Waals surface area (Å²) < 4.78 is 0. The van der Waals surface area contributed by atoms with Gasteiger partial charge in [-0.25, -0.2) is 0 Å². The van der Waals surface area contributed by atoms with Crippen molar-refractivity contribution >= 4 is 35.8 Å². The fraction of sp³-hybridized carbons (Fsp3) is 0.579. The fourth-order valence-electron chi connectivity index (χ4n) is 2.44. The van der Waals surface area contributed by atoms with E-state index in [2.05, 4.69) is 36.4 Å². The number of benzene rings is 1. The maximum absolute atomic E-state index is 12.0. The van der Waals surface area contributed by atoms with Crippen LogP contribution in [0.1, 0.15) is 56.0 Å². The Morgan fingerprint density at radius 3 is 2.60 bits per heavy atom. The molecule has 6 heteroatoms. The minimum Gasteiger partial charge on any atom is -0.370 e. The van der Waals surface area contributed by atoms with Crippen molar-refractivity contribution in [3.8, 4) is 0 Å². The molecule has 0 saturated heterocycles. The fourth-order valence-corrected chi connectivity index (χ4v) is 2.44. The SMILES string of the molecule is Cc1cccc(C(=O)NCCN=C(N)NC(C)CCCC(C)C)c1.I. The lowest BCUT2D eigenvalue weighted by molar-refractivity contribution is 0.0954. The third-order valence-corrected chi connectivity index (χ3v) is 3.77. The van der Waals surface area contributed by atoms with Gasteiger partial charge in [-0.3, -0.25) is 9.79 Å². The summed E-state index contributed by atoms with van der Waals surface area (Å²) in [7, 11) is 0. The number of hydrogen-bond acceptors (Lipinski definition) is 2. The van der Waals surface area contributed by atoms with E-state index >= 15 is 0 Å². The second-order valence-electron chi connectivity index (χ2n) is 6.76. The third-order valence-electron chi connectivity index (χ3n) is 3.77. The van der Waals surface area contributed by atoms with Gasteiger partial charge in [0.25, 0.3) is 5.91 Å². The van der Waals surface area contributed by atoms with Crippen molar-refractivity contribution in [2.45, 2.75) is 53.0 Å². The summed E-state index contributed by atoms with van der Waals surface area (Å²) in [5.74, 6) is 1.10. The molecule has 1 aromatic carbocycles. The largest absolute Gasteiger partial charge is 0.370 e. The number of carbonyl (C=O) groups excluding carboxylic acids is 1.